The molecule has 0 saturated heterocycles. The number of nitrogens with two attached hydrogens (primary N) is 1. The summed E-state index contributed by atoms with van der Waals surface area (Å²) in [5.74, 6) is -0.287. The van der Waals surface area contributed by atoms with Crippen LogP contribution < -0.4 is 11.1 Å². The van der Waals surface area contributed by atoms with Gasteiger partial charge >= 0.3 is 0 Å². The van der Waals surface area contributed by atoms with E-state index in [9.17, 15) is 4.79 Å². The SMILES string of the molecule is COC1CCC(Nc2ccc(Br)cc2)(C(N)=O)CC1. The molecule has 1 aliphatic carbocycles. The highest BCUT2D eigenvalue weighted by Crippen LogP contribution is 2.33. The molecule has 0 atom stereocenters. The summed E-state index contributed by atoms with van der Waals surface area (Å²) in [5, 5.41) is 3.31. The van der Waals surface area contributed by atoms with E-state index in [0.717, 1.165) is 23.0 Å². The molecule has 104 valence electrons. The van der Waals surface area contributed by atoms with Crippen molar-refractivity contribution in [1.82, 2.24) is 0 Å². The minimum atomic E-state index is -0.650. The second-order valence-electron chi connectivity index (χ2n) is 5.01. The highest BCUT2D eigenvalue weighted by atomic mass is 79.9. The van der Waals surface area contributed by atoms with Crippen LogP contribution in [-0.2, 0) is 9.53 Å². The van der Waals surface area contributed by atoms with E-state index in [-0.39, 0.29) is 12.0 Å². The molecule has 19 heavy (non-hydrogen) atoms. The van der Waals surface area contributed by atoms with Gasteiger partial charge in [0.1, 0.15) is 5.54 Å². The topological polar surface area (TPSA) is 64.3 Å². The van der Waals surface area contributed by atoms with E-state index < -0.39 is 5.54 Å². The predicted octanol–water partition coefficient (Wildman–Crippen LogP) is 2.67. The van der Waals surface area contributed by atoms with E-state index in [2.05, 4.69) is 21.2 Å². The van der Waals surface area contributed by atoms with Gasteiger partial charge in [-0.2, -0.15) is 0 Å². The number of halogens is 1. The molecule has 0 radical (unpaired) electrons. The first kappa shape index (κ1) is 14.3. The monoisotopic (exact) mass is 326 g/mol. The van der Waals surface area contributed by atoms with Gasteiger partial charge in [-0.3, -0.25) is 4.79 Å². The second-order valence-corrected chi connectivity index (χ2v) is 5.93. The third kappa shape index (κ3) is 3.28. The van der Waals surface area contributed by atoms with Crippen molar-refractivity contribution in [2.75, 3.05) is 12.4 Å². The maximum absolute atomic E-state index is 11.9. The molecule has 0 bridgehead atoms. The first-order chi connectivity index (χ1) is 9.05. The molecule has 0 aliphatic heterocycles. The van der Waals surface area contributed by atoms with Crippen LogP contribution in [-0.4, -0.2) is 24.7 Å². The average molecular weight is 327 g/mol. The minimum Gasteiger partial charge on any atom is -0.381 e. The Morgan fingerprint density at radius 2 is 1.95 bits per heavy atom. The molecule has 3 N–H and O–H groups in total. The quantitative estimate of drug-likeness (QED) is 0.894. The molecular formula is C14H19BrN2O2. The van der Waals surface area contributed by atoms with Gasteiger partial charge in [0.25, 0.3) is 0 Å². The van der Waals surface area contributed by atoms with E-state index in [4.69, 9.17) is 10.5 Å². The Labute approximate surface area is 121 Å². The summed E-state index contributed by atoms with van der Waals surface area (Å²) < 4.78 is 6.35. The van der Waals surface area contributed by atoms with Crippen molar-refractivity contribution in [2.45, 2.75) is 37.3 Å². The normalized spacial score (nSPS) is 26.9. The summed E-state index contributed by atoms with van der Waals surface area (Å²) in [6, 6.07) is 7.77. The van der Waals surface area contributed by atoms with E-state index in [1.54, 1.807) is 7.11 Å². The minimum absolute atomic E-state index is 0.235. The van der Waals surface area contributed by atoms with Gasteiger partial charge in [0.2, 0.25) is 5.91 Å². The van der Waals surface area contributed by atoms with Gasteiger partial charge in [-0.05, 0) is 49.9 Å². The number of amides is 1. The molecule has 1 aliphatic rings. The number of hydrogen-bond donors (Lipinski definition) is 2. The van der Waals surface area contributed by atoms with Gasteiger partial charge in [-0.15, -0.1) is 0 Å². The van der Waals surface area contributed by atoms with Crippen LogP contribution in [0.4, 0.5) is 5.69 Å². The van der Waals surface area contributed by atoms with Crippen molar-refractivity contribution < 1.29 is 9.53 Å². The molecule has 1 aromatic carbocycles. The fraction of sp³-hybridized carbons (Fsp3) is 0.500. The molecule has 0 heterocycles. The summed E-state index contributed by atoms with van der Waals surface area (Å²) in [6.45, 7) is 0. The van der Waals surface area contributed by atoms with Crippen LogP contribution in [0.1, 0.15) is 25.7 Å². The van der Waals surface area contributed by atoms with E-state index >= 15 is 0 Å². The van der Waals surface area contributed by atoms with Crippen LogP contribution in [0.15, 0.2) is 28.7 Å². The van der Waals surface area contributed by atoms with Crippen LogP contribution >= 0.6 is 15.9 Å². The first-order valence-electron chi connectivity index (χ1n) is 6.42. The molecule has 1 amide bonds. The molecule has 0 unspecified atom stereocenters. The number of anilines is 1. The molecule has 1 aromatic rings. The van der Waals surface area contributed by atoms with Gasteiger partial charge < -0.3 is 15.8 Å². The number of methoxy groups -OCH3 is 1. The van der Waals surface area contributed by atoms with Crippen molar-refractivity contribution in [1.29, 1.82) is 0 Å². The molecule has 2 rings (SSSR count). The number of ether oxygens (including phenoxy) is 1. The summed E-state index contributed by atoms with van der Waals surface area (Å²) in [4.78, 5) is 11.9. The number of primary amides is 1. The van der Waals surface area contributed by atoms with E-state index in [1.165, 1.54) is 0 Å². The summed E-state index contributed by atoms with van der Waals surface area (Å²) in [7, 11) is 1.71. The van der Waals surface area contributed by atoms with Gasteiger partial charge in [-0.25, -0.2) is 0 Å². The van der Waals surface area contributed by atoms with Crippen molar-refractivity contribution in [3.63, 3.8) is 0 Å². The molecule has 0 spiro atoms. The zero-order valence-corrected chi connectivity index (χ0v) is 12.6. The van der Waals surface area contributed by atoms with Crippen molar-refractivity contribution in [3.05, 3.63) is 28.7 Å². The number of carbonyl (C=O) groups excluding carboxylic acids is 1. The summed E-state index contributed by atoms with van der Waals surface area (Å²) in [6.07, 6.45) is 3.35. The van der Waals surface area contributed by atoms with Crippen LogP contribution in [0.3, 0.4) is 0 Å². The Hall–Kier alpha value is -1.07. The lowest BCUT2D eigenvalue weighted by molar-refractivity contribution is -0.124. The Morgan fingerprint density at radius 1 is 1.37 bits per heavy atom. The van der Waals surface area contributed by atoms with Crippen LogP contribution in [0, 0.1) is 0 Å². The maximum Gasteiger partial charge on any atom is 0.243 e. The molecule has 1 fully saturated rings. The molecule has 0 aromatic heterocycles. The molecule has 5 heteroatoms. The van der Waals surface area contributed by atoms with E-state index in [1.807, 2.05) is 24.3 Å². The fourth-order valence-electron chi connectivity index (χ4n) is 2.56. The molecule has 4 nitrogen and oxygen atoms in total. The highest BCUT2D eigenvalue weighted by Gasteiger charge is 2.40. The van der Waals surface area contributed by atoms with Gasteiger partial charge in [0, 0.05) is 17.3 Å². The zero-order chi connectivity index (χ0) is 13.9. The van der Waals surface area contributed by atoms with Crippen molar-refractivity contribution >= 4 is 27.5 Å². The lowest BCUT2D eigenvalue weighted by Gasteiger charge is -2.38. The smallest absolute Gasteiger partial charge is 0.243 e. The Morgan fingerprint density at radius 3 is 2.42 bits per heavy atom. The van der Waals surface area contributed by atoms with Crippen molar-refractivity contribution in [3.8, 4) is 0 Å². The van der Waals surface area contributed by atoms with Gasteiger partial charge in [0.15, 0.2) is 0 Å². The number of nitrogens with one attached hydrogen (secondary N) is 1. The third-order valence-electron chi connectivity index (χ3n) is 3.82. The summed E-state index contributed by atoms with van der Waals surface area (Å²) in [5.41, 5.74) is 5.88. The standard InChI is InChI=1S/C14H19BrN2O2/c1-19-12-6-8-14(9-7-12,13(16)18)17-11-4-2-10(15)3-5-11/h2-5,12,17H,6-9H2,1H3,(H2,16,18). The van der Waals surface area contributed by atoms with Gasteiger partial charge in [0.05, 0.1) is 6.10 Å². The van der Waals surface area contributed by atoms with Gasteiger partial charge in [-0.1, -0.05) is 15.9 Å². The zero-order valence-electron chi connectivity index (χ0n) is 11.0. The first-order valence-corrected chi connectivity index (χ1v) is 7.21. The lowest BCUT2D eigenvalue weighted by atomic mass is 9.79. The van der Waals surface area contributed by atoms with Crippen LogP contribution in [0.5, 0.6) is 0 Å². The molecular weight excluding hydrogens is 308 g/mol. The summed E-state index contributed by atoms with van der Waals surface area (Å²) >= 11 is 3.39. The van der Waals surface area contributed by atoms with Crippen molar-refractivity contribution in [2.24, 2.45) is 5.73 Å². The highest BCUT2D eigenvalue weighted by molar-refractivity contribution is 9.10. The van der Waals surface area contributed by atoms with Crippen LogP contribution in [0.25, 0.3) is 0 Å². The molecule has 1 saturated carbocycles. The maximum atomic E-state index is 11.9. The Balaban J connectivity index is 2.12. The average Bonchev–Trinajstić information content (AvgIpc) is 2.42. The Bertz CT molecular complexity index is 439. The predicted molar refractivity (Wildman–Crippen MR) is 79.0 cm³/mol. The fourth-order valence-corrected chi connectivity index (χ4v) is 2.83. The largest absolute Gasteiger partial charge is 0.381 e. The number of benzene rings is 1. The number of rotatable bonds is 4. The second kappa shape index (κ2) is 5.92. The Kier molecular flexibility index (Phi) is 4.47. The third-order valence-corrected chi connectivity index (χ3v) is 4.35. The number of hydrogen-bond acceptors (Lipinski definition) is 3. The van der Waals surface area contributed by atoms with E-state index in [0.29, 0.717) is 12.8 Å². The lowest BCUT2D eigenvalue weighted by Crippen LogP contribution is -2.53. The van der Waals surface area contributed by atoms with Crippen LogP contribution in [0.2, 0.25) is 0 Å². The number of carbonyl (C=O) groups is 1.